The molecule has 3 nitrogen and oxygen atoms in total. The highest BCUT2D eigenvalue weighted by atomic mass is 16.3. The van der Waals surface area contributed by atoms with E-state index in [2.05, 4.69) is 150 Å². The van der Waals surface area contributed by atoms with E-state index in [0.717, 1.165) is 66.5 Å². The van der Waals surface area contributed by atoms with E-state index in [1.54, 1.807) is 0 Å². The van der Waals surface area contributed by atoms with Crippen molar-refractivity contribution in [2.24, 2.45) is 0 Å². The first kappa shape index (κ1) is 26.0. The SMILES string of the molecule is c1ccc(-c2ccccc2N(c2ccc3oc4ccccc4c3c2)c2ccc3ccc4ccc5oc6ccccc6c5c4c3c2)cc1. The molecular weight excluding hydrogens is 574 g/mol. The number of anilines is 3. The number of para-hydroxylation sites is 3. The van der Waals surface area contributed by atoms with Crippen molar-refractivity contribution in [1.82, 2.24) is 0 Å². The molecule has 0 aliphatic rings. The van der Waals surface area contributed by atoms with Gasteiger partial charge in [0.1, 0.15) is 22.3 Å². The first-order valence-corrected chi connectivity index (χ1v) is 15.9. The molecule has 8 aromatic carbocycles. The number of hydrogen-bond acceptors (Lipinski definition) is 3. The molecule has 220 valence electrons. The van der Waals surface area contributed by atoms with E-state index in [-0.39, 0.29) is 0 Å². The van der Waals surface area contributed by atoms with Crippen molar-refractivity contribution >= 4 is 82.5 Å². The van der Waals surface area contributed by atoms with Gasteiger partial charge in [0.05, 0.1) is 5.69 Å². The maximum atomic E-state index is 6.34. The zero-order valence-electron chi connectivity index (χ0n) is 25.4. The van der Waals surface area contributed by atoms with Crippen molar-refractivity contribution < 1.29 is 8.83 Å². The minimum Gasteiger partial charge on any atom is -0.456 e. The molecule has 0 saturated heterocycles. The van der Waals surface area contributed by atoms with Gasteiger partial charge >= 0.3 is 0 Å². The van der Waals surface area contributed by atoms with Gasteiger partial charge in [-0.1, -0.05) is 109 Å². The Bertz CT molecular complexity index is 2810. The van der Waals surface area contributed by atoms with E-state index in [9.17, 15) is 0 Å². The van der Waals surface area contributed by atoms with Gasteiger partial charge in [-0.15, -0.1) is 0 Å². The third kappa shape index (κ3) is 4.00. The second kappa shape index (κ2) is 10.1. The summed E-state index contributed by atoms with van der Waals surface area (Å²) < 4.78 is 12.6. The third-order valence-electron chi connectivity index (χ3n) is 9.43. The lowest BCUT2D eigenvalue weighted by atomic mass is 9.96. The minimum atomic E-state index is 0.880. The first-order chi connectivity index (χ1) is 23.3. The summed E-state index contributed by atoms with van der Waals surface area (Å²) in [7, 11) is 0. The second-order valence-electron chi connectivity index (χ2n) is 12.1. The van der Waals surface area contributed by atoms with Gasteiger partial charge in [0.15, 0.2) is 0 Å². The van der Waals surface area contributed by atoms with Crippen molar-refractivity contribution in [2.75, 3.05) is 4.90 Å². The van der Waals surface area contributed by atoms with Crippen LogP contribution in [0.1, 0.15) is 0 Å². The summed E-state index contributed by atoms with van der Waals surface area (Å²) in [5, 5.41) is 9.27. The van der Waals surface area contributed by atoms with E-state index in [0.29, 0.717) is 0 Å². The number of nitrogens with zero attached hydrogens (tertiary/aromatic N) is 1. The molecule has 0 aliphatic heterocycles. The molecule has 0 unspecified atom stereocenters. The van der Waals surface area contributed by atoms with Crippen LogP contribution in [0.4, 0.5) is 17.1 Å². The molecule has 47 heavy (non-hydrogen) atoms. The fourth-order valence-corrected chi connectivity index (χ4v) is 7.30. The molecular formula is C44H27NO2. The smallest absolute Gasteiger partial charge is 0.136 e. The average molecular weight is 602 g/mol. The van der Waals surface area contributed by atoms with Gasteiger partial charge in [0.2, 0.25) is 0 Å². The van der Waals surface area contributed by atoms with Gasteiger partial charge in [0, 0.05) is 43.9 Å². The molecule has 2 heterocycles. The minimum absolute atomic E-state index is 0.880. The summed E-state index contributed by atoms with van der Waals surface area (Å²) in [6.45, 7) is 0. The van der Waals surface area contributed by atoms with Gasteiger partial charge in [-0.25, -0.2) is 0 Å². The number of rotatable bonds is 4. The predicted molar refractivity (Wildman–Crippen MR) is 196 cm³/mol. The van der Waals surface area contributed by atoms with Crippen LogP contribution in [0, 0.1) is 0 Å². The van der Waals surface area contributed by atoms with Gasteiger partial charge in [0.25, 0.3) is 0 Å². The highest BCUT2D eigenvalue weighted by Crippen LogP contribution is 2.45. The Morgan fingerprint density at radius 2 is 0.936 bits per heavy atom. The Kier molecular flexibility index (Phi) is 5.57. The van der Waals surface area contributed by atoms with E-state index in [1.807, 2.05) is 18.2 Å². The van der Waals surface area contributed by atoms with Gasteiger partial charge < -0.3 is 13.7 Å². The van der Waals surface area contributed by atoms with Gasteiger partial charge in [-0.2, -0.15) is 0 Å². The van der Waals surface area contributed by atoms with Crippen LogP contribution in [0.25, 0.3) is 76.5 Å². The summed E-state index contributed by atoms with van der Waals surface area (Å²) in [6.07, 6.45) is 0. The molecule has 0 aliphatic carbocycles. The summed E-state index contributed by atoms with van der Waals surface area (Å²) in [6, 6.07) is 58.0. The monoisotopic (exact) mass is 601 g/mol. The Labute approximate surface area is 270 Å². The second-order valence-corrected chi connectivity index (χ2v) is 12.1. The molecule has 0 amide bonds. The molecule has 10 rings (SSSR count). The van der Waals surface area contributed by atoms with Crippen LogP contribution >= 0.6 is 0 Å². The number of fused-ring (bicyclic) bond motifs is 10. The fourth-order valence-electron chi connectivity index (χ4n) is 7.30. The van der Waals surface area contributed by atoms with Crippen LogP contribution in [0.15, 0.2) is 173 Å². The zero-order valence-corrected chi connectivity index (χ0v) is 25.4. The molecule has 2 aromatic heterocycles. The molecule has 0 bridgehead atoms. The highest BCUT2D eigenvalue weighted by Gasteiger charge is 2.20. The maximum absolute atomic E-state index is 6.34. The van der Waals surface area contributed by atoms with Crippen LogP contribution in [0.2, 0.25) is 0 Å². The topological polar surface area (TPSA) is 29.5 Å². The van der Waals surface area contributed by atoms with Crippen LogP contribution in [0.3, 0.4) is 0 Å². The normalized spacial score (nSPS) is 11.8. The summed E-state index contributed by atoms with van der Waals surface area (Å²) in [4.78, 5) is 2.38. The van der Waals surface area contributed by atoms with Crippen LogP contribution < -0.4 is 4.90 Å². The van der Waals surface area contributed by atoms with Crippen molar-refractivity contribution in [3.8, 4) is 11.1 Å². The molecule has 0 atom stereocenters. The van der Waals surface area contributed by atoms with Crippen molar-refractivity contribution in [3.63, 3.8) is 0 Å². The predicted octanol–water partition coefficient (Wildman–Crippen LogP) is 12.9. The molecule has 3 heteroatoms. The van der Waals surface area contributed by atoms with Crippen LogP contribution in [-0.2, 0) is 0 Å². The van der Waals surface area contributed by atoms with E-state index >= 15 is 0 Å². The van der Waals surface area contributed by atoms with Gasteiger partial charge in [-0.05, 0) is 76.3 Å². The molecule has 10 aromatic rings. The lowest BCUT2D eigenvalue weighted by Gasteiger charge is -2.28. The molecule has 0 spiro atoms. The lowest BCUT2D eigenvalue weighted by Crippen LogP contribution is -2.11. The lowest BCUT2D eigenvalue weighted by molar-refractivity contribution is 0.668. The quantitative estimate of drug-likeness (QED) is 0.188. The van der Waals surface area contributed by atoms with Crippen LogP contribution in [-0.4, -0.2) is 0 Å². The summed E-state index contributed by atoms with van der Waals surface area (Å²) in [5.41, 5.74) is 9.14. The van der Waals surface area contributed by atoms with Crippen molar-refractivity contribution in [2.45, 2.75) is 0 Å². The Balaban J connectivity index is 1.29. The Morgan fingerprint density at radius 1 is 0.362 bits per heavy atom. The zero-order chi connectivity index (χ0) is 30.9. The first-order valence-electron chi connectivity index (χ1n) is 15.9. The number of furan rings is 2. The largest absolute Gasteiger partial charge is 0.456 e. The molecule has 0 radical (unpaired) electrons. The Hall–Kier alpha value is -6.32. The van der Waals surface area contributed by atoms with Crippen LogP contribution in [0.5, 0.6) is 0 Å². The maximum Gasteiger partial charge on any atom is 0.136 e. The standard InChI is InChI=1S/C44H27NO2/c1-2-10-28(11-3-1)33-12-4-7-15-38(33)45(32-23-25-41-37(27-32)34-13-5-8-16-39(34)46-41)31-22-20-29-18-19-30-21-24-42-44(43(30)36(29)26-31)35-14-6-9-17-40(35)47-42/h1-27H. The molecule has 0 N–H and O–H groups in total. The fraction of sp³-hybridized carbons (Fsp3) is 0. The average Bonchev–Trinajstić information content (AvgIpc) is 3.70. The highest BCUT2D eigenvalue weighted by molar-refractivity contribution is 6.27. The van der Waals surface area contributed by atoms with Crippen molar-refractivity contribution in [1.29, 1.82) is 0 Å². The van der Waals surface area contributed by atoms with E-state index in [4.69, 9.17) is 8.83 Å². The summed E-state index contributed by atoms with van der Waals surface area (Å²) in [5.74, 6) is 0. The van der Waals surface area contributed by atoms with Crippen molar-refractivity contribution in [3.05, 3.63) is 164 Å². The number of benzene rings is 8. The summed E-state index contributed by atoms with van der Waals surface area (Å²) >= 11 is 0. The number of hydrogen-bond donors (Lipinski definition) is 0. The Morgan fingerprint density at radius 3 is 1.81 bits per heavy atom. The van der Waals surface area contributed by atoms with E-state index < -0.39 is 0 Å². The third-order valence-corrected chi connectivity index (χ3v) is 9.43. The van der Waals surface area contributed by atoms with E-state index in [1.165, 1.54) is 27.1 Å². The van der Waals surface area contributed by atoms with Gasteiger partial charge in [-0.3, -0.25) is 0 Å². The molecule has 0 saturated carbocycles. The molecule has 0 fully saturated rings.